The number of amides is 1. The largest absolute Gasteiger partial charge is 0.464 e. The Morgan fingerprint density at radius 1 is 0.882 bits per heavy atom. The summed E-state index contributed by atoms with van der Waals surface area (Å²) in [5, 5.41) is 0. The molecule has 0 N–H and O–H groups in total. The van der Waals surface area contributed by atoms with Crippen LogP contribution in [0.2, 0.25) is 0 Å². The van der Waals surface area contributed by atoms with Gasteiger partial charge in [-0.3, -0.25) is 14.3 Å². The fourth-order valence-electron chi connectivity index (χ4n) is 3.10. The van der Waals surface area contributed by atoms with E-state index in [0.717, 1.165) is 53.8 Å². The Kier molecular flexibility index (Phi) is 17.3. The first kappa shape index (κ1) is 30.8. The summed E-state index contributed by atoms with van der Waals surface area (Å²) in [7, 11) is -3.69. The number of carbonyl (C=O) groups excluding carboxylic acids is 2. The predicted octanol–water partition coefficient (Wildman–Crippen LogP) is 7.05. The molecule has 1 aromatic rings. The number of esters is 1. The molecule has 11 heteroatoms. The molecule has 8 nitrogen and oxygen atoms in total. The summed E-state index contributed by atoms with van der Waals surface area (Å²) < 4.78 is 33.9. The monoisotopic (exact) mass is 535 g/mol. The minimum atomic E-state index is -3.69. The summed E-state index contributed by atoms with van der Waals surface area (Å²) in [4.78, 5) is 26.1. The third kappa shape index (κ3) is 14.3. The highest BCUT2D eigenvalue weighted by Gasteiger charge is 2.33. The molecular formula is C23H38NO7PS2. The molecule has 1 aromatic carbocycles. The molecule has 0 saturated heterocycles. The van der Waals surface area contributed by atoms with E-state index < -0.39 is 32.5 Å². The zero-order chi connectivity index (χ0) is 25.1. The maximum atomic E-state index is 12.9. The lowest BCUT2D eigenvalue weighted by molar-refractivity contribution is -0.144. The Morgan fingerprint density at radius 2 is 1.47 bits per heavy atom. The Labute approximate surface area is 212 Å². The molecule has 0 unspecified atom stereocenters. The summed E-state index contributed by atoms with van der Waals surface area (Å²) in [6.07, 6.45) is 11.0. The average Bonchev–Trinajstić information content (AvgIpc) is 2.82. The average molecular weight is 536 g/mol. The van der Waals surface area contributed by atoms with Crippen LogP contribution < -0.4 is 0 Å². The van der Waals surface area contributed by atoms with Gasteiger partial charge in [0.05, 0.1) is 6.61 Å². The van der Waals surface area contributed by atoms with Gasteiger partial charge in [-0.2, -0.15) is 0 Å². The van der Waals surface area contributed by atoms with E-state index in [1.165, 1.54) is 32.1 Å². The molecule has 1 amide bonds. The number of nitrogens with zero attached hydrogens (tertiary/aromatic N) is 1. The minimum Gasteiger partial charge on any atom is -0.464 e. The molecule has 0 aliphatic rings. The standard InChI is InChI=1S/C23H38NO7PS2/c1-4-5-6-7-8-9-10-14-17-28-22(25)18-24(20-32(27,30-33-2)31-34-3)23(26)29-19-21-15-12-11-13-16-21/h11-13,15-16H,4-10,14,17-20H2,1-3H3. The van der Waals surface area contributed by atoms with Gasteiger partial charge in [0.2, 0.25) is 0 Å². The number of carbonyl (C=O) groups is 2. The molecule has 1 rings (SSSR count). The third-order valence-corrected chi connectivity index (χ3v) is 8.46. The first-order chi connectivity index (χ1) is 16.4. The number of hydrogen-bond donors (Lipinski definition) is 0. The highest BCUT2D eigenvalue weighted by Crippen LogP contribution is 2.54. The third-order valence-electron chi connectivity index (χ3n) is 4.76. The number of benzene rings is 1. The summed E-state index contributed by atoms with van der Waals surface area (Å²) in [6.45, 7) is 2.08. The topological polar surface area (TPSA) is 91.4 Å². The smallest absolute Gasteiger partial charge is 0.411 e. The van der Waals surface area contributed by atoms with Crippen molar-refractivity contribution >= 4 is 43.7 Å². The molecule has 0 heterocycles. The van der Waals surface area contributed by atoms with E-state index in [4.69, 9.17) is 17.4 Å². The van der Waals surface area contributed by atoms with Gasteiger partial charge >= 0.3 is 19.7 Å². The summed E-state index contributed by atoms with van der Waals surface area (Å²) in [5.74, 6) is -0.598. The maximum absolute atomic E-state index is 12.9. The normalized spacial score (nSPS) is 11.3. The van der Waals surface area contributed by atoms with Crippen LogP contribution in [0.1, 0.15) is 63.9 Å². The van der Waals surface area contributed by atoms with Crippen LogP contribution in [-0.4, -0.2) is 48.9 Å². The summed E-state index contributed by atoms with van der Waals surface area (Å²) in [6, 6.07) is 9.14. The van der Waals surface area contributed by atoms with E-state index in [0.29, 0.717) is 0 Å². The molecule has 0 spiro atoms. The Hall–Kier alpha value is -1.19. The second-order valence-electron chi connectivity index (χ2n) is 7.67. The van der Waals surface area contributed by atoms with Gasteiger partial charge in [0.1, 0.15) is 19.4 Å². The van der Waals surface area contributed by atoms with E-state index >= 15 is 0 Å². The van der Waals surface area contributed by atoms with Crippen molar-refractivity contribution in [1.29, 1.82) is 0 Å². The van der Waals surface area contributed by atoms with Crippen LogP contribution in [0.15, 0.2) is 30.3 Å². The SMILES string of the molecule is CCCCCCCCCCOC(=O)CN(CP(=O)(OSC)OSC)C(=O)OCc1ccccc1. The summed E-state index contributed by atoms with van der Waals surface area (Å²) >= 11 is 1.72. The van der Waals surface area contributed by atoms with Gasteiger partial charge in [0, 0.05) is 12.5 Å². The number of unbranched alkanes of at least 4 members (excludes halogenated alkanes) is 7. The van der Waals surface area contributed by atoms with Crippen molar-refractivity contribution in [1.82, 2.24) is 4.90 Å². The van der Waals surface area contributed by atoms with Gasteiger partial charge in [0.25, 0.3) is 0 Å². The summed E-state index contributed by atoms with van der Waals surface area (Å²) in [5.41, 5.74) is 0.789. The number of rotatable bonds is 19. The van der Waals surface area contributed by atoms with E-state index in [1.807, 2.05) is 30.3 Å². The van der Waals surface area contributed by atoms with Crippen LogP contribution in [0.5, 0.6) is 0 Å². The van der Waals surface area contributed by atoms with Gasteiger partial charge in [0.15, 0.2) is 0 Å². The van der Waals surface area contributed by atoms with Crippen molar-refractivity contribution in [2.75, 3.05) is 31.9 Å². The first-order valence-corrected chi connectivity index (χ1v) is 15.6. The maximum Gasteiger partial charge on any atom is 0.411 e. The fourth-order valence-corrected chi connectivity index (χ4v) is 6.25. The van der Waals surface area contributed by atoms with E-state index in [-0.39, 0.29) is 13.2 Å². The number of hydrogen-bond acceptors (Lipinski definition) is 9. The molecule has 0 saturated carbocycles. The van der Waals surface area contributed by atoms with Crippen molar-refractivity contribution in [3.63, 3.8) is 0 Å². The van der Waals surface area contributed by atoms with Gasteiger partial charge < -0.3 is 9.47 Å². The van der Waals surface area contributed by atoms with Gasteiger partial charge in [-0.25, -0.2) is 12.7 Å². The van der Waals surface area contributed by atoms with Crippen LogP contribution in [0, 0.1) is 0 Å². The van der Waals surface area contributed by atoms with Crippen LogP contribution in [0.25, 0.3) is 0 Å². The van der Waals surface area contributed by atoms with Crippen LogP contribution >= 0.6 is 31.7 Å². The highest BCUT2D eigenvalue weighted by atomic mass is 32.2. The lowest BCUT2D eigenvalue weighted by Crippen LogP contribution is -2.37. The van der Waals surface area contributed by atoms with E-state index in [9.17, 15) is 14.2 Å². The van der Waals surface area contributed by atoms with Crippen molar-refractivity contribution < 1.29 is 31.6 Å². The highest BCUT2D eigenvalue weighted by molar-refractivity contribution is 8.01. The number of ether oxygens (including phenoxy) is 2. The fraction of sp³-hybridized carbons (Fsp3) is 0.652. The zero-order valence-corrected chi connectivity index (χ0v) is 23.0. The second-order valence-corrected chi connectivity index (χ2v) is 11.0. The Balaban J connectivity index is 2.57. The van der Waals surface area contributed by atoms with Crippen molar-refractivity contribution in [3.8, 4) is 0 Å². The lowest BCUT2D eigenvalue weighted by Gasteiger charge is -2.24. The van der Waals surface area contributed by atoms with Crippen molar-refractivity contribution in [2.45, 2.75) is 64.9 Å². The Bertz CT molecular complexity index is 729. The van der Waals surface area contributed by atoms with Gasteiger partial charge in [-0.1, -0.05) is 82.2 Å². The predicted molar refractivity (Wildman–Crippen MR) is 139 cm³/mol. The van der Waals surface area contributed by atoms with Crippen molar-refractivity contribution in [2.24, 2.45) is 0 Å². The zero-order valence-electron chi connectivity index (χ0n) is 20.4. The molecule has 0 aliphatic carbocycles. The Morgan fingerprint density at radius 3 is 2.06 bits per heavy atom. The lowest BCUT2D eigenvalue weighted by atomic mass is 10.1. The molecule has 194 valence electrons. The van der Waals surface area contributed by atoms with E-state index in [2.05, 4.69) is 6.92 Å². The molecular weight excluding hydrogens is 497 g/mol. The first-order valence-electron chi connectivity index (χ1n) is 11.6. The van der Waals surface area contributed by atoms with Crippen LogP contribution in [0.4, 0.5) is 4.79 Å². The molecule has 0 bridgehead atoms. The van der Waals surface area contributed by atoms with Gasteiger partial charge in [-0.15, -0.1) is 0 Å². The molecule has 0 radical (unpaired) electrons. The quantitative estimate of drug-likeness (QED) is 0.0799. The molecule has 0 aliphatic heterocycles. The van der Waals surface area contributed by atoms with E-state index in [1.54, 1.807) is 12.5 Å². The van der Waals surface area contributed by atoms with Gasteiger partial charge in [-0.05, 0) is 36.1 Å². The molecule has 0 atom stereocenters. The minimum absolute atomic E-state index is 0.0144. The van der Waals surface area contributed by atoms with Crippen LogP contribution in [0.3, 0.4) is 0 Å². The van der Waals surface area contributed by atoms with Crippen LogP contribution in [-0.2, 0) is 33.4 Å². The van der Waals surface area contributed by atoms with Crippen molar-refractivity contribution in [3.05, 3.63) is 35.9 Å². The molecule has 0 aromatic heterocycles. The molecule has 34 heavy (non-hydrogen) atoms. The second kappa shape index (κ2) is 19.1. The molecule has 0 fully saturated rings.